The molecule has 8 heteroatoms. The second-order valence-electron chi connectivity index (χ2n) is 5.84. The first kappa shape index (κ1) is 20.5. The maximum absolute atomic E-state index is 11.9. The standard InChI is InChI=1S/C21H21NO6S/c1-24-16-5-7-17(8-6-16)27-12-20(23)28-11-15-13-29-21(22-15)14-4-9-18(25-2)19(10-14)26-3/h4-10,13H,11-12H2,1-3H3. The van der Waals surface area contributed by atoms with Gasteiger partial charge in [0.1, 0.15) is 23.1 Å². The fraction of sp³-hybridized carbons (Fsp3) is 0.238. The lowest BCUT2D eigenvalue weighted by Gasteiger charge is -2.08. The van der Waals surface area contributed by atoms with Crippen LogP contribution in [0.2, 0.25) is 0 Å². The van der Waals surface area contributed by atoms with Crippen LogP contribution in [-0.4, -0.2) is 38.9 Å². The number of esters is 1. The van der Waals surface area contributed by atoms with Crippen LogP contribution in [0.5, 0.6) is 23.0 Å². The second-order valence-corrected chi connectivity index (χ2v) is 6.70. The Bertz CT molecular complexity index is 954. The number of carbonyl (C=O) groups is 1. The summed E-state index contributed by atoms with van der Waals surface area (Å²) in [4.78, 5) is 16.4. The van der Waals surface area contributed by atoms with E-state index < -0.39 is 5.97 Å². The molecule has 0 fully saturated rings. The van der Waals surface area contributed by atoms with E-state index in [9.17, 15) is 4.79 Å². The second kappa shape index (κ2) is 9.79. The van der Waals surface area contributed by atoms with Crippen LogP contribution >= 0.6 is 11.3 Å². The highest BCUT2D eigenvalue weighted by atomic mass is 32.1. The molecule has 0 spiro atoms. The number of ether oxygens (including phenoxy) is 5. The molecule has 1 heterocycles. The molecule has 0 aliphatic rings. The van der Waals surface area contributed by atoms with Gasteiger partial charge in [-0.3, -0.25) is 0 Å². The van der Waals surface area contributed by atoms with E-state index in [2.05, 4.69) is 4.98 Å². The molecule has 0 bridgehead atoms. The Morgan fingerprint density at radius 1 is 0.931 bits per heavy atom. The first-order valence-electron chi connectivity index (χ1n) is 8.72. The molecule has 29 heavy (non-hydrogen) atoms. The van der Waals surface area contributed by atoms with E-state index in [1.807, 2.05) is 23.6 Å². The zero-order valence-corrected chi connectivity index (χ0v) is 17.2. The van der Waals surface area contributed by atoms with Crippen molar-refractivity contribution in [3.05, 3.63) is 53.5 Å². The van der Waals surface area contributed by atoms with Crippen LogP contribution in [0.25, 0.3) is 10.6 Å². The molecule has 0 aliphatic carbocycles. The molecule has 0 amide bonds. The Labute approximate surface area is 172 Å². The van der Waals surface area contributed by atoms with E-state index in [1.54, 1.807) is 45.6 Å². The van der Waals surface area contributed by atoms with Crippen LogP contribution in [0.15, 0.2) is 47.8 Å². The van der Waals surface area contributed by atoms with E-state index in [0.29, 0.717) is 28.7 Å². The number of hydrogen-bond donors (Lipinski definition) is 0. The van der Waals surface area contributed by atoms with E-state index >= 15 is 0 Å². The zero-order chi connectivity index (χ0) is 20.6. The van der Waals surface area contributed by atoms with Gasteiger partial charge >= 0.3 is 5.97 Å². The van der Waals surface area contributed by atoms with E-state index in [0.717, 1.165) is 10.6 Å². The Morgan fingerprint density at radius 3 is 2.34 bits per heavy atom. The first-order valence-corrected chi connectivity index (χ1v) is 9.60. The summed E-state index contributed by atoms with van der Waals surface area (Å²) in [6, 6.07) is 12.5. The van der Waals surface area contributed by atoms with Gasteiger partial charge in [0, 0.05) is 10.9 Å². The van der Waals surface area contributed by atoms with E-state index in [1.165, 1.54) is 11.3 Å². The third kappa shape index (κ3) is 5.39. The van der Waals surface area contributed by atoms with Crippen molar-refractivity contribution in [3.8, 4) is 33.6 Å². The van der Waals surface area contributed by atoms with Crippen molar-refractivity contribution in [2.45, 2.75) is 6.61 Å². The third-order valence-electron chi connectivity index (χ3n) is 3.98. The normalized spacial score (nSPS) is 10.3. The number of benzene rings is 2. The minimum Gasteiger partial charge on any atom is -0.497 e. The van der Waals surface area contributed by atoms with Gasteiger partial charge in [0.15, 0.2) is 18.1 Å². The quantitative estimate of drug-likeness (QED) is 0.490. The lowest BCUT2D eigenvalue weighted by atomic mass is 10.2. The first-order chi connectivity index (χ1) is 14.1. The van der Waals surface area contributed by atoms with Gasteiger partial charge in [-0.1, -0.05) is 0 Å². The van der Waals surface area contributed by atoms with Crippen molar-refractivity contribution >= 4 is 17.3 Å². The van der Waals surface area contributed by atoms with Crippen LogP contribution in [-0.2, 0) is 16.1 Å². The molecular weight excluding hydrogens is 394 g/mol. The largest absolute Gasteiger partial charge is 0.497 e. The fourth-order valence-electron chi connectivity index (χ4n) is 2.49. The monoisotopic (exact) mass is 415 g/mol. The number of carbonyl (C=O) groups excluding carboxylic acids is 1. The van der Waals surface area contributed by atoms with E-state index in [4.69, 9.17) is 23.7 Å². The minimum atomic E-state index is -0.471. The van der Waals surface area contributed by atoms with Gasteiger partial charge in [0.2, 0.25) is 0 Å². The van der Waals surface area contributed by atoms with Gasteiger partial charge in [-0.25, -0.2) is 9.78 Å². The summed E-state index contributed by atoms with van der Waals surface area (Å²) >= 11 is 1.46. The van der Waals surface area contributed by atoms with Gasteiger partial charge in [0.05, 0.1) is 27.0 Å². The van der Waals surface area contributed by atoms with Gasteiger partial charge in [-0.15, -0.1) is 11.3 Å². The number of aromatic nitrogens is 1. The SMILES string of the molecule is COc1ccc(OCC(=O)OCc2csc(-c3ccc(OC)c(OC)c3)n2)cc1. The average molecular weight is 415 g/mol. The number of thiazole rings is 1. The highest BCUT2D eigenvalue weighted by Gasteiger charge is 2.11. The molecule has 0 atom stereocenters. The molecule has 0 N–H and O–H groups in total. The highest BCUT2D eigenvalue weighted by Crippen LogP contribution is 2.33. The van der Waals surface area contributed by atoms with Gasteiger partial charge < -0.3 is 23.7 Å². The van der Waals surface area contributed by atoms with Gasteiger partial charge in [-0.05, 0) is 42.5 Å². The molecular formula is C21H21NO6S. The smallest absolute Gasteiger partial charge is 0.344 e. The molecule has 7 nitrogen and oxygen atoms in total. The molecule has 1 aromatic heterocycles. The summed E-state index contributed by atoms with van der Waals surface area (Å²) in [7, 11) is 4.76. The van der Waals surface area contributed by atoms with Crippen LogP contribution in [0, 0.1) is 0 Å². The maximum atomic E-state index is 11.9. The molecule has 152 valence electrons. The van der Waals surface area contributed by atoms with Crippen molar-refractivity contribution < 1.29 is 28.5 Å². The van der Waals surface area contributed by atoms with Crippen LogP contribution in [0.4, 0.5) is 0 Å². The van der Waals surface area contributed by atoms with Gasteiger partial charge in [0.25, 0.3) is 0 Å². The number of hydrogen-bond acceptors (Lipinski definition) is 8. The summed E-state index contributed by atoms with van der Waals surface area (Å²) in [6.45, 7) is -0.104. The Morgan fingerprint density at radius 2 is 1.66 bits per heavy atom. The molecule has 3 aromatic rings. The van der Waals surface area contributed by atoms with Crippen molar-refractivity contribution in [1.29, 1.82) is 0 Å². The predicted octanol–water partition coefficient (Wildman–Crippen LogP) is 3.96. The van der Waals surface area contributed by atoms with Crippen molar-refractivity contribution in [1.82, 2.24) is 4.98 Å². The Kier molecular flexibility index (Phi) is 6.91. The minimum absolute atomic E-state index is 0.0780. The van der Waals surface area contributed by atoms with Crippen molar-refractivity contribution in [2.75, 3.05) is 27.9 Å². The van der Waals surface area contributed by atoms with Gasteiger partial charge in [-0.2, -0.15) is 0 Å². The number of nitrogens with zero attached hydrogens (tertiary/aromatic N) is 1. The lowest BCUT2D eigenvalue weighted by Crippen LogP contribution is -2.14. The third-order valence-corrected chi connectivity index (χ3v) is 4.92. The van der Waals surface area contributed by atoms with Crippen LogP contribution in [0.3, 0.4) is 0 Å². The van der Waals surface area contributed by atoms with Crippen molar-refractivity contribution in [2.24, 2.45) is 0 Å². The van der Waals surface area contributed by atoms with Crippen LogP contribution in [0.1, 0.15) is 5.69 Å². The maximum Gasteiger partial charge on any atom is 0.344 e. The average Bonchev–Trinajstić information content (AvgIpc) is 3.25. The number of rotatable bonds is 9. The molecule has 0 radical (unpaired) electrons. The highest BCUT2D eigenvalue weighted by molar-refractivity contribution is 7.13. The topological polar surface area (TPSA) is 76.1 Å². The lowest BCUT2D eigenvalue weighted by molar-refractivity contribution is -0.147. The molecule has 3 rings (SSSR count). The summed E-state index contributed by atoms with van der Waals surface area (Å²) in [5, 5.41) is 2.65. The summed E-state index contributed by atoms with van der Waals surface area (Å²) < 4.78 is 26.3. The van der Waals surface area contributed by atoms with Crippen molar-refractivity contribution in [3.63, 3.8) is 0 Å². The molecule has 0 unspecified atom stereocenters. The Hall–Kier alpha value is -3.26. The molecule has 0 saturated heterocycles. The van der Waals surface area contributed by atoms with Crippen LogP contribution < -0.4 is 18.9 Å². The predicted molar refractivity (Wildman–Crippen MR) is 109 cm³/mol. The molecule has 0 aliphatic heterocycles. The molecule has 2 aromatic carbocycles. The Balaban J connectivity index is 1.52. The number of methoxy groups -OCH3 is 3. The summed E-state index contributed by atoms with van der Waals surface area (Å²) in [5.41, 5.74) is 1.56. The molecule has 0 saturated carbocycles. The zero-order valence-electron chi connectivity index (χ0n) is 16.3. The summed E-state index contributed by atoms with van der Waals surface area (Å²) in [5.74, 6) is 2.09. The summed E-state index contributed by atoms with van der Waals surface area (Å²) in [6.07, 6.45) is 0. The fourth-order valence-corrected chi connectivity index (χ4v) is 3.29. The van der Waals surface area contributed by atoms with E-state index in [-0.39, 0.29) is 13.2 Å².